The lowest BCUT2D eigenvalue weighted by Gasteiger charge is -2.45. The Bertz CT molecular complexity index is 687. The van der Waals surface area contributed by atoms with Gasteiger partial charge in [-0.15, -0.1) is 12.4 Å². The van der Waals surface area contributed by atoms with Crippen molar-refractivity contribution in [3.8, 4) is 0 Å². The average molecular weight is 335 g/mol. The summed E-state index contributed by atoms with van der Waals surface area (Å²) in [6.07, 6.45) is 9.24. The zero-order chi connectivity index (χ0) is 15.1. The molecule has 2 aromatic rings. The molecule has 2 aromatic heterocycles. The van der Waals surface area contributed by atoms with Crippen LogP contribution in [0.1, 0.15) is 42.5 Å². The van der Waals surface area contributed by atoms with E-state index < -0.39 is 0 Å². The molecule has 0 saturated heterocycles. The van der Waals surface area contributed by atoms with Gasteiger partial charge in [-0.1, -0.05) is 12.5 Å². The topological polar surface area (TPSA) is 72.4 Å². The molecule has 6 heteroatoms. The Labute approximate surface area is 142 Å². The van der Waals surface area contributed by atoms with Gasteiger partial charge in [0.2, 0.25) is 0 Å². The van der Waals surface area contributed by atoms with Gasteiger partial charge >= 0.3 is 0 Å². The van der Waals surface area contributed by atoms with Gasteiger partial charge in [-0.05, 0) is 49.7 Å². The number of pyridine rings is 1. The summed E-state index contributed by atoms with van der Waals surface area (Å²) in [4.78, 5) is 12.7. The lowest BCUT2D eigenvalue weighted by molar-refractivity contribution is 0.0757. The molecule has 0 radical (unpaired) electrons. The van der Waals surface area contributed by atoms with Gasteiger partial charge in [-0.3, -0.25) is 4.79 Å². The van der Waals surface area contributed by atoms with Crippen molar-refractivity contribution >= 4 is 23.8 Å². The first-order chi connectivity index (χ1) is 10.7. The molecule has 2 aliphatic rings. The predicted octanol–water partition coefficient (Wildman–Crippen LogP) is 2.39. The molecule has 5 nitrogen and oxygen atoms in total. The van der Waals surface area contributed by atoms with E-state index in [9.17, 15) is 4.79 Å². The predicted molar refractivity (Wildman–Crippen MR) is 91.7 cm³/mol. The number of amides is 1. The molecule has 4 rings (SSSR count). The largest absolute Gasteiger partial charge is 0.349 e. The lowest BCUT2D eigenvalue weighted by atomic mass is 9.67. The van der Waals surface area contributed by atoms with Gasteiger partial charge in [0.15, 0.2) is 0 Å². The molecule has 3 N–H and O–H groups in total. The summed E-state index contributed by atoms with van der Waals surface area (Å²) in [6, 6.07) is 6.36. The van der Waals surface area contributed by atoms with Crippen LogP contribution in [0.4, 0.5) is 0 Å². The van der Waals surface area contributed by atoms with E-state index in [0.29, 0.717) is 23.4 Å². The monoisotopic (exact) mass is 334 g/mol. The zero-order valence-electron chi connectivity index (χ0n) is 13.0. The highest BCUT2D eigenvalue weighted by Gasteiger charge is 2.40. The molecule has 1 amide bonds. The summed E-state index contributed by atoms with van der Waals surface area (Å²) >= 11 is 0. The Balaban J connectivity index is 0.00000156. The van der Waals surface area contributed by atoms with Gasteiger partial charge in [-0.25, -0.2) is 4.52 Å². The Kier molecular flexibility index (Phi) is 4.60. The molecule has 0 aromatic carbocycles. The van der Waals surface area contributed by atoms with E-state index in [0.717, 1.165) is 18.4 Å². The third-order valence-corrected chi connectivity index (χ3v) is 5.35. The first kappa shape index (κ1) is 16.3. The number of nitrogens with two attached hydrogens (primary N) is 1. The highest BCUT2D eigenvalue weighted by molar-refractivity contribution is 6.00. The molecule has 2 saturated carbocycles. The molecule has 124 valence electrons. The van der Waals surface area contributed by atoms with E-state index in [1.807, 2.05) is 24.4 Å². The van der Waals surface area contributed by atoms with E-state index in [2.05, 4.69) is 10.4 Å². The number of hydrogen-bond donors (Lipinski definition) is 2. The number of rotatable bonds is 2. The Morgan fingerprint density at radius 3 is 2.74 bits per heavy atom. The van der Waals surface area contributed by atoms with Crippen molar-refractivity contribution < 1.29 is 4.79 Å². The fraction of sp³-hybridized carbons (Fsp3) is 0.529. The van der Waals surface area contributed by atoms with Crippen LogP contribution >= 0.6 is 12.4 Å². The number of nitrogens with zero attached hydrogens (tertiary/aromatic N) is 2. The summed E-state index contributed by atoms with van der Waals surface area (Å²) < 4.78 is 1.74. The second-order valence-corrected chi connectivity index (χ2v) is 6.77. The second-order valence-electron chi connectivity index (χ2n) is 6.77. The molecule has 2 aliphatic carbocycles. The Morgan fingerprint density at radius 1 is 1.26 bits per heavy atom. The van der Waals surface area contributed by atoms with E-state index in [-0.39, 0.29) is 24.4 Å². The zero-order valence-corrected chi connectivity index (χ0v) is 13.8. The lowest BCUT2D eigenvalue weighted by Crippen LogP contribution is -2.53. The van der Waals surface area contributed by atoms with Crippen LogP contribution in [0.2, 0.25) is 0 Å². The number of halogens is 1. The van der Waals surface area contributed by atoms with Crippen LogP contribution in [0.3, 0.4) is 0 Å². The number of fused-ring (bicyclic) bond motifs is 3. The Hall–Kier alpha value is -1.59. The van der Waals surface area contributed by atoms with Crippen LogP contribution in [0, 0.1) is 11.8 Å². The molecule has 2 bridgehead atoms. The molecule has 2 unspecified atom stereocenters. The molecule has 0 spiro atoms. The third-order valence-electron chi connectivity index (χ3n) is 5.35. The minimum Gasteiger partial charge on any atom is -0.349 e. The number of nitrogens with one attached hydrogen (secondary N) is 1. The maximum atomic E-state index is 12.7. The van der Waals surface area contributed by atoms with Crippen molar-refractivity contribution in [2.75, 3.05) is 0 Å². The fourth-order valence-corrected chi connectivity index (χ4v) is 4.36. The Morgan fingerprint density at radius 2 is 2.00 bits per heavy atom. The highest BCUT2D eigenvalue weighted by Crippen LogP contribution is 2.39. The maximum absolute atomic E-state index is 12.7. The summed E-state index contributed by atoms with van der Waals surface area (Å²) in [5, 5.41) is 7.54. The smallest absolute Gasteiger partial charge is 0.255 e. The van der Waals surface area contributed by atoms with E-state index >= 15 is 0 Å². The minimum atomic E-state index is -0.00132. The van der Waals surface area contributed by atoms with Gasteiger partial charge < -0.3 is 11.1 Å². The molecule has 0 aliphatic heterocycles. The van der Waals surface area contributed by atoms with Crippen molar-refractivity contribution in [1.82, 2.24) is 14.9 Å². The molecular formula is C17H23ClN4O. The van der Waals surface area contributed by atoms with Gasteiger partial charge in [0, 0.05) is 18.3 Å². The number of carbonyl (C=O) groups is 1. The standard InChI is InChI=1S/C17H22N4O.ClH/c18-13-8-11-4-3-5-12(9-13)16(11)20-17(22)14-10-19-21-7-2-1-6-15(14)21;/h1-2,6-7,10-13,16H,3-5,8-9,18H2,(H,20,22);1H. The van der Waals surface area contributed by atoms with E-state index in [4.69, 9.17) is 5.73 Å². The van der Waals surface area contributed by atoms with Gasteiger partial charge in [0.1, 0.15) is 0 Å². The van der Waals surface area contributed by atoms with Crippen LogP contribution in [0.15, 0.2) is 30.6 Å². The maximum Gasteiger partial charge on any atom is 0.255 e. The van der Waals surface area contributed by atoms with Gasteiger partial charge in [0.05, 0.1) is 17.3 Å². The first-order valence-electron chi connectivity index (χ1n) is 8.21. The van der Waals surface area contributed by atoms with Crippen LogP contribution in [0.25, 0.3) is 5.52 Å². The molecule has 23 heavy (non-hydrogen) atoms. The van der Waals surface area contributed by atoms with Crippen molar-refractivity contribution in [2.24, 2.45) is 17.6 Å². The normalized spacial score (nSPS) is 29.8. The summed E-state index contributed by atoms with van der Waals surface area (Å²) in [7, 11) is 0. The number of hydrogen-bond acceptors (Lipinski definition) is 3. The van der Waals surface area contributed by atoms with Crippen LogP contribution in [0.5, 0.6) is 0 Å². The van der Waals surface area contributed by atoms with Gasteiger partial charge in [0.25, 0.3) is 5.91 Å². The molecule has 2 atom stereocenters. The molecule has 2 heterocycles. The average Bonchev–Trinajstić information content (AvgIpc) is 2.92. The van der Waals surface area contributed by atoms with Crippen molar-refractivity contribution in [3.63, 3.8) is 0 Å². The van der Waals surface area contributed by atoms with Crippen LogP contribution < -0.4 is 11.1 Å². The molecular weight excluding hydrogens is 312 g/mol. The van der Waals surface area contributed by atoms with Crippen molar-refractivity contribution in [3.05, 3.63) is 36.2 Å². The van der Waals surface area contributed by atoms with E-state index in [1.54, 1.807) is 10.7 Å². The molecule has 2 fully saturated rings. The van der Waals surface area contributed by atoms with Crippen molar-refractivity contribution in [2.45, 2.75) is 44.2 Å². The minimum absolute atomic E-state index is 0. The van der Waals surface area contributed by atoms with Crippen LogP contribution in [-0.4, -0.2) is 27.6 Å². The summed E-state index contributed by atoms with van der Waals surface area (Å²) in [6.45, 7) is 0. The quantitative estimate of drug-likeness (QED) is 0.885. The SMILES string of the molecule is Cl.NC1CC2CCCC(C1)C2NC(=O)c1cnn2ccccc12. The number of carbonyl (C=O) groups excluding carboxylic acids is 1. The summed E-state index contributed by atoms with van der Waals surface area (Å²) in [5.41, 5.74) is 7.68. The number of aromatic nitrogens is 2. The fourth-order valence-electron chi connectivity index (χ4n) is 4.36. The van der Waals surface area contributed by atoms with Gasteiger partial charge in [-0.2, -0.15) is 5.10 Å². The van der Waals surface area contributed by atoms with Crippen molar-refractivity contribution in [1.29, 1.82) is 0 Å². The summed E-state index contributed by atoms with van der Waals surface area (Å²) in [5.74, 6) is 1.07. The third kappa shape index (κ3) is 2.95. The first-order valence-corrected chi connectivity index (χ1v) is 8.21. The second kappa shape index (κ2) is 6.49. The van der Waals surface area contributed by atoms with E-state index in [1.165, 1.54) is 19.3 Å². The van der Waals surface area contributed by atoms with Crippen LogP contribution in [-0.2, 0) is 0 Å². The highest BCUT2D eigenvalue weighted by atomic mass is 35.5.